The highest BCUT2D eigenvalue weighted by molar-refractivity contribution is 14.0. The average molecular weight is 576 g/mol. The summed E-state index contributed by atoms with van der Waals surface area (Å²) in [6.07, 6.45) is 9.08. The molecule has 1 aliphatic carbocycles. The lowest BCUT2D eigenvalue weighted by Gasteiger charge is -2.42. The molecule has 0 spiro atoms. The van der Waals surface area contributed by atoms with Crippen LogP contribution >= 0.6 is 24.0 Å². The second-order valence-electron chi connectivity index (χ2n) is 9.71. The van der Waals surface area contributed by atoms with Crippen molar-refractivity contribution in [1.29, 1.82) is 0 Å². The molecule has 3 fully saturated rings. The van der Waals surface area contributed by atoms with Gasteiger partial charge in [0, 0.05) is 51.8 Å². The van der Waals surface area contributed by atoms with Crippen LogP contribution < -0.4 is 10.6 Å². The topological polar surface area (TPSA) is 88.8 Å². The maximum absolute atomic E-state index is 5.81. The zero-order valence-electron chi connectivity index (χ0n) is 20.4. The number of nitrogens with one attached hydrogen (secondary N) is 2. The highest BCUT2D eigenvalue weighted by atomic mass is 127. The van der Waals surface area contributed by atoms with Gasteiger partial charge in [-0.3, -0.25) is 4.90 Å². The predicted molar refractivity (Wildman–Crippen MR) is 140 cm³/mol. The SMILES string of the molecule is Cc1nnc(CN=C(NCC2CCCO2)NCC2(CN3CCOCC3)CCCCC2)n1C.I. The first-order chi connectivity index (χ1) is 15.6. The molecule has 188 valence electrons. The van der Waals surface area contributed by atoms with Crippen LogP contribution in [0.25, 0.3) is 0 Å². The molecule has 0 amide bonds. The van der Waals surface area contributed by atoms with E-state index in [0.717, 1.165) is 83.0 Å². The van der Waals surface area contributed by atoms with Gasteiger partial charge in [0.25, 0.3) is 0 Å². The van der Waals surface area contributed by atoms with E-state index in [1.54, 1.807) is 0 Å². The van der Waals surface area contributed by atoms with Crippen LogP contribution in [0.4, 0.5) is 0 Å². The summed E-state index contributed by atoms with van der Waals surface area (Å²) in [5.41, 5.74) is 0.295. The highest BCUT2D eigenvalue weighted by Crippen LogP contribution is 2.36. The summed E-state index contributed by atoms with van der Waals surface area (Å²) in [6.45, 7) is 10.0. The molecule has 0 bridgehead atoms. The monoisotopic (exact) mass is 575 g/mol. The van der Waals surface area contributed by atoms with Crippen LogP contribution in [-0.2, 0) is 23.1 Å². The minimum atomic E-state index is 0. The van der Waals surface area contributed by atoms with Gasteiger partial charge >= 0.3 is 0 Å². The Morgan fingerprint density at radius 3 is 2.55 bits per heavy atom. The summed E-state index contributed by atoms with van der Waals surface area (Å²) in [5.74, 6) is 2.64. The van der Waals surface area contributed by atoms with Crippen molar-refractivity contribution in [1.82, 2.24) is 30.3 Å². The second kappa shape index (κ2) is 13.2. The lowest BCUT2D eigenvalue weighted by atomic mass is 9.73. The molecule has 2 aliphatic heterocycles. The Bertz CT molecular complexity index is 739. The largest absolute Gasteiger partial charge is 0.379 e. The van der Waals surface area contributed by atoms with Gasteiger partial charge in [0.15, 0.2) is 11.8 Å². The zero-order valence-corrected chi connectivity index (χ0v) is 22.7. The molecule has 10 heteroatoms. The van der Waals surface area contributed by atoms with Crippen molar-refractivity contribution < 1.29 is 9.47 Å². The van der Waals surface area contributed by atoms with Crippen LogP contribution in [0.5, 0.6) is 0 Å². The Morgan fingerprint density at radius 2 is 1.88 bits per heavy atom. The third-order valence-electron chi connectivity index (χ3n) is 7.29. The van der Waals surface area contributed by atoms with Crippen molar-refractivity contribution in [2.75, 3.05) is 52.5 Å². The molecule has 3 aliphatic rings. The van der Waals surface area contributed by atoms with E-state index in [1.807, 2.05) is 18.5 Å². The summed E-state index contributed by atoms with van der Waals surface area (Å²) >= 11 is 0. The number of guanidine groups is 1. The standard InChI is InChI=1S/C23H41N7O2.HI/c1-19-27-28-21(29(19)2)16-25-22(24-15-20-7-6-12-32-20)26-17-23(8-4-3-5-9-23)18-30-10-13-31-14-11-30;/h20H,3-18H2,1-2H3,(H2,24,25,26);1H. The predicted octanol–water partition coefficient (Wildman–Crippen LogP) is 2.24. The molecule has 0 aromatic carbocycles. The van der Waals surface area contributed by atoms with Crippen molar-refractivity contribution in [3.8, 4) is 0 Å². The first-order valence-electron chi connectivity index (χ1n) is 12.4. The van der Waals surface area contributed by atoms with Gasteiger partial charge in [0.1, 0.15) is 12.4 Å². The molecule has 1 atom stereocenters. The number of hydrogen-bond acceptors (Lipinski definition) is 6. The van der Waals surface area contributed by atoms with E-state index in [2.05, 4.69) is 25.7 Å². The third-order valence-corrected chi connectivity index (χ3v) is 7.29. The van der Waals surface area contributed by atoms with Crippen molar-refractivity contribution in [3.05, 3.63) is 11.6 Å². The van der Waals surface area contributed by atoms with Gasteiger partial charge in [0.2, 0.25) is 0 Å². The van der Waals surface area contributed by atoms with Gasteiger partial charge in [-0.1, -0.05) is 19.3 Å². The number of aryl methyl sites for hydroxylation is 1. The smallest absolute Gasteiger partial charge is 0.191 e. The molecular formula is C23H42IN7O2. The maximum Gasteiger partial charge on any atom is 0.191 e. The molecule has 9 nitrogen and oxygen atoms in total. The van der Waals surface area contributed by atoms with E-state index in [1.165, 1.54) is 32.1 Å². The molecule has 1 aromatic rings. The minimum Gasteiger partial charge on any atom is -0.379 e. The molecule has 4 rings (SSSR count). The normalized spacial score (nSPS) is 23.8. The molecule has 2 saturated heterocycles. The van der Waals surface area contributed by atoms with Crippen LogP contribution in [0, 0.1) is 12.3 Å². The number of hydrogen-bond donors (Lipinski definition) is 2. The van der Waals surface area contributed by atoms with Crippen LogP contribution in [0.3, 0.4) is 0 Å². The Balaban J connectivity index is 0.00000306. The molecule has 3 heterocycles. The van der Waals surface area contributed by atoms with Gasteiger partial charge < -0.3 is 24.7 Å². The molecule has 1 aromatic heterocycles. The van der Waals surface area contributed by atoms with Gasteiger partial charge in [-0.15, -0.1) is 34.2 Å². The summed E-state index contributed by atoms with van der Waals surface area (Å²) in [6, 6.07) is 0. The van der Waals surface area contributed by atoms with E-state index in [-0.39, 0.29) is 30.1 Å². The number of aliphatic imine (C=N–C) groups is 1. The van der Waals surface area contributed by atoms with Crippen LogP contribution in [-0.4, -0.2) is 84.3 Å². The molecule has 2 N–H and O–H groups in total. The summed E-state index contributed by atoms with van der Waals surface area (Å²) < 4.78 is 13.4. The summed E-state index contributed by atoms with van der Waals surface area (Å²) in [4.78, 5) is 7.47. The Morgan fingerprint density at radius 1 is 1.09 bits per heavy atom. The number of halogens is 1. The zero-order chi connectivity index (χ0) is 22.2. The molecule has 1 unspecified atom stereocenters. The molecular weight excluding hydrogens is 533 g/mol. The molecule has 33 heavy (non-hydrogen) atoms. The minimum absolute atomic E-state index is 0. The number of morpholine rings is 1. The lowest BCUT2D eigenvalue weighted by molar-refractivity contribution is 0.00819. The fourth-order valence-electron chi connectivity index (χ4n) is 5.13. The van der Waals surface area contributed by atoms with Gasteiger partial charge in [0.05, 0.1) is 19.3 Å². The Hall–Kier alpha value is -0.980. The Kier molecular flexibility index (Phi) is 10.6. The Labute approximate surface area is 215 Å². The molecule has 1 saturated carbocycles. The fourth-order valence-corrected chi connectivity index (χ4v) is 5.13. The number of ether oxygens (including phenoxy) is 2. The van der Waals surface area contributed by atoms with E-state index < -0.39 is 0 Å². The second-order valence-corrected chi connectivity index (χ2v) is 9.71. The quantitative estimate of drug-likeness (QED) is 0.279. The van der Waals surface area contributed by atoms with Crippen molar-refractivity contribution in [2.24, 2.45) is 17.5 Å². The van der Waals surface area contributed by atoms with Gasteiger partial charge in [-0.25, -0.2) is 4.99 Å². The van der Waals surface area contributed by atoms with Crippen LogP contribution in [0.2, 0.25) is 0 Å². The third kappa shape index (κ3) is 7.76. The van der Waals surface area contributed by atoms with Crippen LogP contribution in [0.1, 0.15) is 56.6 Å². The molecule has 0 radical (unpaired) electrons. The average Bonchev–Trinajstić information content (AvgIpc) is 3.45. The van der Waals surface area contributed by atoms with Crippen LogP contribution in [0.15, 0.2) is 4.99 Å². The summed E-state index contributed by atoms with van der Waals surface area (Å²) in [5, 5.41) is 15.7. The lowest BCUT2D eigenvalue weighted by Crippen LogP contribution is -2.51. The first kappa shape index (κ1) is 26.6. The van der Waals surface area contributed by atoms with Gasteiger partial charge in [-0.05, 0) is 32.6 Å². The van der Waals surface area contributed by atoms with E-state index in [4.69, 9.17) is 14.5 Å². The number of rotatable bonds is 8. The van der Waals surface area contributed by atoms with Crippen molar-refractivity contribution >= 4 is 29.9 Å². The highest BCUT2D eigenvalue weighted by Gasteiger charge is 2.34. The van der Waals surface area contributed by atoms with E-state index in [0.29, 0.717) is 12.0 Å². The van der Waals surface area contributed by atoms with E-state index in [9.17, 15) is 0 Å². The number of aromatic nitrogens is 3. The first-order valence-corrected chi connectivity index (χ1v) is 12.4. The van der Waals surface area contributed by atoms with E-state index >= 15 is 0 Å². The van der Waals surface area contributed by atoms with Crippen molar-refractivity contribution in [3.63, 3.8) is 0 Å². The maximum atomic E-state index is 5.81. The van der Waals surface area contributed by atoms with Crippen molar-refractivity contribution in [2.45, 2.75) is 64.5 Å². The summed E-state index contributed by atoms with van der Waals surface area (Å²) in [7, 11) is 1.99. The fraction of sp³-hybridized carbons (Fsp3) is 0.870. The van der Waals surface area contributed by atoms with Gasteiger partial charge in [-0.2, -0.15) is 0 Å². The number of nitrogens with zero attached hydrogens (tertiary/aromatic N) is 5.